The van der Waals surface area contributed by atoms with Gasteiger partial charge in [-0.05, 0) is 13.8 Å². The van der Waals surface area contributed by atoms with Gasteiger partial charge in [0.2, 0.25) is 0 Å². The van der Waals surface area contributed by atoms with Crippen LogP contribution in [0.5, 0.6) is 0 Å². The third-order valence-electron chi connectivity index (χ3n) is 1.64. The molecule has 0 spiro atoms. The van der Waals surface area contributed by atoms with Crippen LogP contribution in [0.2, 0.25) is 0 Å². The summed E-state index contributed by atoms with van der Waals surface area (Å²) in [6.07, 6.45) is 0. The number of nitrogens with zero attached hydrogens (tertiary/aromatic N) is 1. The minimum absolute atomic E-state index is 0.316. The average molecular weight is 265 g/mol. The number of oxime groups is 1. The molecule has 0 saturated heterocycles. The fourth-order valence-electron chi connectivity index (χ4n) is 0.897. The summed E-state index contributed by atoms with van der Waals surface area (Å²) in [6, 6.07) is 0. The maximum atomic E-state index is 5.48. The average Bonchev–Trinajstić information content (AvgIpc) is 2.28. The van der Waals surface area contributed by atoms with E-state index in [-0.39, 0.29) is 5.91 Å². The molecule has 0 aromatic rings. The zero-order chi connectivity index (χ0) is 12.9. The first-order chi connectivity index (χ1) is 8.20. The molecule has 0 rings (SSSR count). The highest BCUT2D eigenvalue weighted by Crippen LogP contribution is 1.95. The van der Waals surface area contributed by atoms with E-state index < -0.39 is 9.76 Å². The van der Waals surface area contributed by atoms with Crippen LogP contribution in [-0.2, 0) is 23.5 Å². The monoisotopic (exact) mass is 265 g/mol. The van der Waals surface area contributed by atoms with Crippen LogP contribution >= 0.6 is 0 Å². The molecule has 0 aromatic heterocycles. The first kappa shape index (κ1) is 16.5. The van der Waals surface area contributed by atoms with Gasteiger partial charge in [-0.25, -0.2) is 0 Å². The van der Waals surface area contributed by atoms with Gasteiger partial charge in [0.25, 0.3) is 0 Å². The van der Waals surface area contributed by atoms with Crippen LogP contribution in [0.4, 0.5) is 0 Å². The van der Waals surface area contributed by atoms with Gasteiger partial charge in [-0.3, -0.25) is 0 Å². The fourth-order valence-corrected chi connectivity index (χ4v) is 1.88. The number of hydrogen-bond donors (Lipinski definition) is 0. The Hall–Kier alpha value is -0.473. The van der Waals surface area contributed by atoms with Gasteiger partial charge in [0.1, 0.15) is 0 Å². The number of methoxy groups -OCH3 is 2. The zero-order valence-corrected chi connectivity index (χ0v) is 12.5. The molecule has 0 saturated carbocycles. The van der Waals surface area contributed by atoms with Crippen molar-refractivity contribution >= 4 is 15.5 Å². The van der Waals surface area contributed by atoms with Gasteiger partial charge >= 0.3 is 9.76 Å². The second-order valence-corrected chi connectivity index (χ2v) is 4.75. The Bertz CT molecular complexity index is 189. The van der Waals surface area contributed by atoms with Crippen LogP contribution in [0, 0.1) is 0 Å². The summed E-state index contributed by atoms with van der Waals surface area (Å²) in [7, 11) is 2.24. The summed E-state index contributed by atoms with van der Waals surface area (Å²) in [4.78, 5) is 0. The molecule has 7 heteroatoms. The molecule has 0 aromatic carbocycles. The lowest BCUT2D eigenvalue weighted by Crippen LogP contribution is -2.28. The summed E-state index contributed by atoms with van der Waals surface area (Å²) in [5.74, 6) is -0.316. The van der Waals surface area contributed by atoms with Crippen LogP contribution < -0.4 is 0 Å². The van der Waals surface area contributed by atoms with Gasteiger partial charge in [0, 0.05) is 19.9 Å². The number of ether oxygens (including phenoxy) is 4. The smallest absolute Gasteiger partial charge is 0.316 e. The van der Waals surface area contributed by atoms with Crippen molar-refractivity contribution in [1.29, 1.82) is 0 Å². The topological polar surface area (TPSA) is 58.5 Å². The van der Waals surface area contributed by atoms with E-state index in [1.54, 1.807) is 14.2 Å². The second kappa shape index (κ2) is 12.0. The molecule has 0 bridgehead atoms. The number of rotatable bonds is 11. The van der Waals surface area contributed by atoms with Gasteiger partial charge in [-0.1, -0.05) is 0 Å². The van der Waals surface area contributed by atoms with Crippen molar-refractivity contribution in [3.63, 3.8) is 0 Å². The molecule has 0 atom stereocenters. The van der Waals surface area contributed by atoms with Crippen molar-refractivity contribution in [3.8, 4) is 0 Å². The summed E-state index contributed by atoms with van der Waals surface area (Å²) in [6.45, 7) is 5.80. The largest absolute Gasteiger partial charge is 0.457 e. The lowest BCUT2D eigenvalue weighted by Gasteiger charge is -2.16. The van der Waals surface area contributed by atoms with Crippen LogP contribution in [0.1, 0.15) is 13.8 Å². The standard InChI is InChI=1S/C10H23NO5Si/c1-9(2)11-16-17-10(14-7-5-12-3)15-8-6-13-4/h10H,5-8,17H2,1-4H3. The second-order valence-electron chi connectivity index (χ2n) is 3.49. The van der Waals surface area contributed by atoms with Crippen LogP contribution in [0.3, 0.4) is 0 Å². The third kappa shape index (κ3) is 11.8. The Morgan fingerprint density at radius 1 is 1.00 bits per heavy atom. The molecule has 102 valence electrons. The molecule has 6 nitrogen and oxygen atoms in total. The van der Waals surface area contributed by atoms with Gasteiger partial charge in [0.05, 0.1) is 26.4 Å². The molecule has 0 amide bonds. The highest BCUT2D eigenvalue weighted by molar-refractivity contribution is 6.28. The summed E-state index contributed by atoms with van der Waals surface area (Å²) in [5, 5.41) is 3.88. The fraction of sp³-hybridized carbons (Fsp3) is 0.900. The highest BCUT2D eigenvalue weighted by atomic mass is 28.2. The summed E-state index contributed by atoms with van der Waals surface area (Å²) >= 11 is 0. The maximum Gasteiger partial charge on any atom is 0.316 e. The van der Waals surface area contributed by atoms with Gasteiger partial charge in [-0.2, -0.15) is 0 Å². The van der Waals surface area contributed by atoms with Crippen LogP contribution in [-0.4, -0.2) is 62.0 Å². The third-order valence-corrected chi connectivity index (χ3v) is 2.66. The Labute approximate surface area is 105 Å². The predicted octanol–water partition coefficient (Wildman–Crippen LogP) is 0.0922. The van der Waals surface area contributed by atoms with E-state index in [1.165, 1.54) is 0 Å². The van der Waals surface area contributed by atoms with Gasteiger partial charge in [0.15, 0.2) is 5.91 Å². The van der Waals surface area contributed by atoms with Crippen molar-refractivity contribution in [2.45, 2.75) is 19.8 Å². The first-order valence-electron chi connectivity index (χ1n) is 5.55. The van der Waals surface area contributed by atoms with Crippen LogP contribution in [0.25, 0.3) is 0 Å². The Kier molecular flexibility index (Phi) is 11.7. The van der Waals surface area contributed by atoms with E-state index >= 15 is 0 Å². The van der Waals surface area contributed by atoms with Crippen molar-refractivity contribution in [3.05, 3.63) is 0 Å². The van der Waals surface area contributed by atoms with E-state index in [1.807, 2.05) is 13.8 Å². The van der Waals surface area contributed by atoms with Crippen molar-refractivity contribution in [2.24, 2.45) is 5.16 Å². The van der Waals surface area contributed by atoms with Crippen molar-refractivity contribution < 1.29 is 23.5 Å². The van der Waals surface area contributed by atoms with E-state index in [9.17, 15) is 0 Å². The van der Waals surface area contributed by atoms with Crippen molar-refractivity contribution in [2.75, 3.05) is 40.6 Å². The Morgan fingerprint density at radius 3 is 1.94 bits per heavy atom. The molecule has 0 aliphatic heterocycles. The molecule has 0 fully saturated rings. The molecule has 0 N–H and O–H groups in total. The molecule has 0 aliphatic rings. The normalized spacial score (nSPS) is 11.4. The molecule has 0 radical (unpaired) electrons. The van der Waals surface area contributed by atoms with E-state index in [0.717, 1.165) is 5.71 Å². The molecule has 0 heterocycles. The Balaban J connectivity index is 3.79. The molecular weight excluding hydrogens is 242 g/mol. The molecular formula is C10H23NO5Si. The minimum atomic E-state index is -1.02. The maximum absolute atomic E-state index is 5.48. The Morgan fingerprint density at radius 2 is 1.53 bits per heavy atom. The van der Waals surface area contributed by atoms with Crippen LogP contribution in [0.15, 0.2) is 5.16 Å². The molecule has 0 aliphatic carbocycles. The lowest BCUT2D eigenvalue weighted by molar-refractivity contribution is -0.114. The lowest BCUT2D eigenvalue weighted by atomic mass is 10.5. The van der Waals surface area contributed by atoms with Gasteiger partial charge < -0.3 is 23.5 Å². The number of hydrogen-bond acceptors (Lipinski definition) is 6. The molecule has 0 unspecified atom stereocenters. The van der Waals surface area contributed by atoms with E-state index in [2.05, 4.69) is 5.16 Å². The summed E-state index contributed by atoms with van der Waals surface area (Å²) in [5.41, 5.74) is 0.880. The van der Waals surface area contributed by atoms with E-state index in [0.29, 0.717) is 26.4 Å². The predicted molar refractivity (Wildman–Crippen MR) is 67.9 cm³/mol. The first-order valence-corrected chi connectivity index (χ1v) is 6.94. The van der Waals surface area contributed by atoms with E-state index in [4.69, 9.17) is 23.5 Å². The highest BCUT2D eigenvalue weighted by Gasteiger charge is 2.11. The SMILES string of the molecule is COCCOC(OCCOC)[SiH2]ON=C(C)C. The van der Waals surface area contributed by atoms with Gasteiger partial charge in [-0.15, -0.1) is 5.16 Å². The van der Waals surface area contributed by atoms with Crippen molar-refractivity contribution in [1.82, 2.24) is 0 Å². The quantitative estimate of drug-likeness (QED) is 0.174. The summed E-state index contributed by atoms with van der Waals surface area (Å²) < 4.78 is 26.0. The minimum Gasteiger partial charge on any atom is -0.457 e. The molecule has 17 heavy (non-hydrogen) atoms. The zero-order valence-electron chi connectivity index (χ0n) is 11.1.